The molecule has 3 aromatic heterocycles. The smallest absolute Gasteiger partial charge is 0.443 e. The third-order valence-corrected chi connectivity index (χ3v) is 8.67. The summed E-state index contributed by atoms with van der Waals surface area (Å²) >= 11 is 0. The molecule has 0 saturated carbocycles. The molecular weight excluding hydrogens is 578 g/mol. The summed E-state index contributed by atoms with van der Waals surface area (Å²) < 4.78 is 114. The first kappa shape index (κ1) is 28.7. The van der Waals surface area contributed by atoms with Crippen molar-refractivity contribution in [1.29, 1.82) is 0 Å². The van der Waals surface area contributed by atoms with Crippen molar-refractivity contribution in [1.82, 2.24) is 19.3 Å². The highest BCUT2D eigenvalue weighted by atomic mass is 32.2. The van der Waals surface area contributed by atoms with Gasteiger partial charge in [0.05, 0.1) is 24.0 Å². The van der Waals surface area contributed by atoms with Crippen LogP contribution in [0, 0.1) is 11.6 Å². The summed E-state index contributed by atoms with van der Waals surface area (Å²) in [5, 5.41) is -0.419. The lowest BCUT2D eigenvalue weighted by Crippen LogP contribution is -2.44. The van der Waals surface area contributed by atoms with Crippen molar-refractivity contribution in [2.45, 2.75) is 55.7 Å². The number of aryl methyl sites for hydroxylation is 1. The minimum absolute atomic E-state index is 0.0280. The van der Waals surface area contributed by atoms with E-state index in [0.717, 1.165) is 41.1 Å². The molecule has 3 atom stereocenters. The van der Waals surface area contributed by atoms with Crippen molar-refractivity contribution in [3.05, 3.63) is 71.9 Å². The van der Waals surface area contributed by atoms with E-state index in [0.29, 0.717) is 0 Å². The molecule has 4 heterocycles. The second-order valence-electron chi connectivity index (χ2n) is 9.51. The van der Waals surface area contributed by atoms with Gasteiger partial charge in [-0.1, -0.05) is 0 Å². The van der Waals surface area contributed by atoms with Gasteiger partial charge in [-0.15, -0.1) is 0 Å². The van der Waals surface area contributed by atoms with Gasteiger partial charge in [0.15, 0.2) is 5.78 Å². The van der Waals surface area contributed by atoms with Crippen molar-refractivity contribution in [2.24, 2.45) is 0 Å². The Bertz CT molecular complexity index is 1730. The molecule has 0 amide bonds. The van der Waals surface area contributed by atoms with Crippen molar-refractivity contribution in [3.63, 3.8) is 0 Å². The number of sulfonamides is 1. The molecule has 1 fully saturated rings. The molecule has 5 rings (SSSR count). The Hall–Kier alpha value is -3.85. The molecule has 41 heavy (non-hydrogen) atoms. The molecule has 0 spiro atoms. The lowest BCUT2D eigenvalue weighted by atomic mass is 10.0. The van der Waals surface area contributed by atoms with E-state index in [2.05, 4.69) is 15.0 Å². The number of alkyl halides is 4. The van der Waals surface area contributed by atoms with E-state index in [9.17, 15) is 39.6 Å². The lowest BCUT2D eigenvalue weighted by Gasteiger charge is -2.25. The third-order valence-electron chi connectivity index (χ3n) is 6.82. The number of hydrogen-bond acceptors (Lipinski definition) is 7. The molecule has 0 unspecified atom stereocenters. The molecule has 1 aliphatic heterocycles. The summed E-state index contributed by atoms with van der Waals surface area (Å²) in [6.45, 7) is 1.30. The average molecular weight is 599 g/mol. The van der Waals surface area contributed by atoms with Crippen molar-refractivity contribution in [2.75, 3.05) is 0 Å². The summed E-state index contributed by atoms with van der Waals surface area (Å²) in [6.07, 6.45) is -4.90. The zero-order chi connectivity index (χ0) is 29.7. The Labute approximate surface area is 229 Å². The Morgan fingerprint density at radius 2 is 1.78 bits per heavy atom. The van der Waals surface area contributed by atoms with Gasteiger partial charge >= 0.3 is 6.18 Å². The maximum Gasteiger partial charge on any atom is 0.451 e. The number of ketones is 1. The van der Waals surface area contributed by atoms with Gasteiger partial charge < -0.3 is 4.42 Å². The van der Waals surface area contributed by atoms with Crippen LogP contribution in [-0.2, 0) is 27.4 Å². The number of pyridine rings is 1. The average Bonchev–Trinajstić information content (AvgIpc) is 3.48. The number of carbonyl (C=O) groups excluding carboxylic acids is 1. The number of fused-ring (bicyclic) bond motifs is 1. The number of aromatic nitrogens is 3. The molecule has 4 aromatic rings. The maximum absolute atomic E-state index is 14.8. The van der Waals surface area contributed by atoms with E-state index in [1.807, 2.05) is 0 Å². The number of hydrogen-bond donors (Lipinski definition) is 0. The highest BCUT2D eigenvalue weighted by Gasteiger charge is 2.49. The van der Waals surface area contributed by atoms with Gasteiger partial charge in [-0.3, -0.25) is 9.78 Å². The fraction of sp³-hybridized carbons (Fsp3) is 0.308. The predicted molar refractivity (Wildman–Crippen MR) is 132 cm³/mol. The Morgan fingerprint density at radius 1 is 1.07 bits per heavy atom. The van der Waals surface area contributed by atoms with Crippen molar-refractivity contribution in [3.8, 4) is 11.3 Å². The number of halogens is 6. The molecule has 216 valence electrons. The fourth-order valence-corrected chi connectivity index (χ4v) is 6.49. The third kappa shape index (κ3) is 5.55. The number of rotatable bonds is 7. The summed E-state index contributed by atoms with van der Waals surface area (Å²) in [7, 11) is -4.53. The zero-order valence-electron chi connectivity index (χ0n) is 21.1. The number of furan rings is 1. The van der Waals surface area contributed by atoms with Gasteiger partial charge in [0.25, 0.3) is 10.0 Å². The normalized spacial score (nSPS) is 20.1. The van der Waals surface area contributed by atoms with Gasteiger partial charge in [-0.25, -0.2) is 31.6 Å². The van der Waals surface area contributed by atoms with Gasteiger partial charge in [-0.05, 0) is 43.2 Å². The Balaban J connectivity index is 1.36. The number of carbonyl (C=O) groups is 1. The summed E-state index contributed by atoms with van der Waals surface area (Å²) in [5.41, 5.74) is 0.170. The highest BCUT2D eigenvalue weighted by molar-refractivity contribution is 7.89. The van der Waals surface area contributed by atoms with Crippen LogP contribution in [0.2, 0.25) is 0 Å². The summed E-state index contributed by atoms with van der Waals surface area (Å²) in [6, 6.07) is 3.06. The Kier molecular flexibility index (Phi) is 7.36. The van der Waals surface area contributed by atoms with Crippen LogP contribution in [0.25, 0.3) is 22.2 Å². The number of benzene rings is 1. The first-order chi connectivity index (χ1) is 19.3. The van der Waals surface area contributed by atoms with Crippen molar-refractivity contribution >= 4 is 26.8 Å². The van der Waals surface area contributed by atoms with Crippen molar-refractivity contribution < 1.29 is 44.0 Å². The van der Waals surface area contributed by atoms with Gasteiger partial charge in [0.2, 0.25) is 10.9 Å². The zero-order valence-corrected chi connectivity index (χ0v) is 21.9. The fourth-order valence-electron chi connectivity index (χ4n) is 4.70. The first-order valence-electron chi connectivity index (χ1n) is 12.2. The molecule has 15 heteroatoms. The lowest BCUT2D eigenvalue weighted by molar-refractivity contribution is -0.145. The molecule has 0 bridgehead atoms. The van der Waals surface area contributed by atoms with Gasteiger partial charge in [-0.2, -0.15) is 17.5 Å². The minimum Gasteiger partial charge on any atom is -0.443 e. The van der Waals surface area contributed by atoms with Crippen LogP contribution >= 0.6 is 0 Å². The van der Waals surface area contributed by atoms with Crippen LogP contribution < -0.4 is 0 Å². The molecule has 1 saturated heterocycles. The number of Topliss-reactive ketones (excluding diaryl/α,β-unsaturated/α-hetero) is 1. The van der Waals surface area contributed by atoms with Crippen LogP contribution in [0.3, 0.4) is 0 Å². The largest absolute Gasteiger partial charge is 0.451 e. The highest BCUT2D eigenvalue weighted by Crippen LogP contribution is 2.36. The summed E-state index contributed by atoms with van der Waals surface area (Å²) in [4.78, 5) is 23.5. The standard InChI is InChI=1S/C26H20F6N4O4S/c1-13-18(28)9-21(36(13)41(38,39)24-8-15-6-17(27)3-5-23(15)40-24)22(37)4-2-14-7-20(33-12-19(14)29)16-10-34-25(35-11-16)26(30,31)32/h3,5-8,10-13,18,21H,2,4,9H2,1H3/t13-,18+,21-/m0/s1. The van der Waals surface area contributed by atoms with Crippen LogP contribution in [0.4, 0.5) is 26.3 Å². The number of nitrogens with zero attached hydrogens (tertiary/aromatic N) is 4. The first-order valence-corrected chi connectivity index (χ1v) is 13.6. The van der Waals surface area contributed by atoms with Gasteiger partial charge in [0.1, 0.15) is 23.4 Å². The van der Waals surface area contributed by atoms with Crippen LogP contribution in [0.5, 0.6) is 0 Å². The predicted octanol–water partition coefficient (Wildman–Crippen LogP) is 5.27. The topological polar surface area (TPSA) is 106 Å². The summed E-state index contributed by atoms with van der Waals surface area (Å²) in [5.74, 6) is -3.47. The van der Waals surface area contributed by atoms with E-state index in [1.165, 1.54) is 19.1 Å². The molecule has 0 N–H and O–H groups in total. The van der Waals surface area contributed by atoms with E-state index >= 15 is 0 Å². The van der Waals surface area contributed by atoms with E-state index < -0.39 is 69.2 Å². The van der Waals surface area contributed by atoms with Crippen LogP contribution in [0.15, 0.2) is 58.4 Å². The van der Waals surface area contributed by atoms with Crippen LogP contribution in [-0.4, -0.2) is 51.7 Å². The van der Waals surface area contributed by atoms with E-state index in [1.54, 1.807) is 0 Å². The van der Waals surface area contributed by atoms with Gasteiger partial charge in [0, 0.05) is 42.3 Å². The SMILES string of the molecule is C[C@H]1[C@H](F)C[C@@H](C(=O)CCc2cc(-c3cnc(C(F)(F)F)nc3)ncc2F)N1S(=O)(=O)c1cc2cc(F)ccc2o1. The molecule has 8 nitrogen and oxygen atoms in total. The Morgan fingerprint density at radius 3 is 2.46 bits per heavy atom. The van der Waals surface area contributed by atoms with Crippen LogP contribution in [0.1, 0.15) is 31.2 Å². The molecule has 1 aliphatic rings. The molecule has 0 aliphatic carbocycles. The minimum atomic E-state index is -4.75. The van der Waals surface area contributed by atoms with E-state index in [-0.39, 0.29) is 40.6 Å². The quantitative estimate of drug-likeness (QED) is 0.267. The monoisotopic (exact) mass is 598 g/mol. The molecule has 0 radical (unpaired) electrons. The molecule has 1 aromatic carbocycles. The second-order valence-corrected chi connectivity index (χ2v) is 11.3. The maximum atomic E-state index is 14.8. The molecular formula is C26H20F6N4O4S. The second kappa shape index (κ2) is 10.5. The van der Waals surface area contributed by atoms with E-state index in [4.69, 9.17) is 4.42 Å².